The van der Waals surface area contributed by atoms with Gasteiger partial charge in [-0.2, -0.15) is 0 Å². The third-order valence-corrected chi connectivity index (χ3v) is 5.41. The average molecular weight is 345 g/mol. The lowest BCUT2D eigenvalue weighted by molar-refractivity contribution is 0.609. The maximum atomic E-state index is 4.80. The second-order valence-corrected chi connectivity index (χ2v) is 7.29. The topological polar surface area (TPSA) is 37.3 Å². The lowest BCUT2D eigenvalue weighted by Crippen LogP contribution is -2.13. The molecule has 0 aliphatic carbocycles. The zero-order valence-corrected chi connectivity index (χ0v) is 15.3. The number of hydrogen-bond acceptors (Lipinski definition) is 3. The third kappa shape index (κ3) is 4.10. The van der Waals surface area contributed by atoms with Crippen LogP contribution in [0.1, 0.15) is 54.7 Å². The summed E-state index contributed by atoms with van der Waals surface area (Å²) >= 11 is 0. The zero-order valence-electron chi connectivity index (χ0n) is 15.3. The predicted molar refractivity (Wildman–Crippen MR) is 109 cm³/mol. The standard InChI is InChI=1S/C23H27N3/c1-5-18(15-20(6-1)19-7-2-11-24-14-10-19)16-21-8-4-13-26-23(21)22-9-3-12-25-17-22/h1,3,5-6,9,12,15-17,19,24H,2,4,7-8,10-11,13-14H2/b21-16+. The third-order valence-electron chi connectivity index (χ3n) is 5.41. The first-order valence-electron chi connectivity index (χ1n) is 9.86. The summed E-state index contributed by atoms with van der Waals surface area (Å²) in [7, 11) is 0. The smallest absolute Gasteiger partial charge is 0.0694 e. The van der Waals surface area contributed by atoms with Crippen molar-refractivity contribution in [1.82, 2.24) is 10.3 Å². The van der Waals surface area contributed by atoms with Crippen molar-refractivity contribution in [2.45, 2.75) is 38.0 Å². The van der Waals surface area contributed by atoms with Crippen molar-refractivity contribution in [2.24, 2.45) is 4.99 Å². The molecule has 0 spiro atoms. The molecule has 2 aliphatic rings. The van der Waals surface area contributed by atoms with Crippen molar-refractivity contribution in [3.8, 4) is 0 Å². The van der Waals surface area contributed by atoms with Gasteiger partial charge in [-0.05, 0) is 86.0 Å². The lowest BCUT2D eigenvalue weighted by Gasteiger charge is -2.17. The summed E-state index contributed by atoms with van der Waals surface area (Å²) in [5.74, 6) is 0.682. The van der Waals surface area contributed by atoms with Crippen LogP contribution in [-0.2, 0) is 0 Å². The van der Waals surface area contributed by atoms with Crippen molar-refractivity contribution in [2.75, 3.05) is 19.6 Å². The first kappa shape index (κ1) is 17.2. The quantitative estimate of drug-likeness (QED) is 0.882. The fourth-order valence-electron chi connectivity index (χ4n) is 4.06. The van der Waals surface area contributed by atoms with Gasteiger partial charge < -0.3 is 5.32 Å². The molecule has 2 aliphatic heterocycles. The van der Waals surface area contributed by atoms with E-state index in [4.69, 9.17) is 4.99 Å². The number of aromatic nitrogens is 1. The Morgan fingerprint density at radius 3 is 2.96 bits per heavy atom. The van der Waals surface area contributed by atoms with Gasteiger partial charge in [-0.15, -0.1) is 0 Å². The van der Waals surface area contributed by atoms with Crippen LogP contribution >= 0.6 is 0 Å². The maximum absolute atomic E-state index is 4.80. The van der Waals surface area contributed by atoms with Crippen LogP contribution < -0.4 is 5.32 Å². The highest BCUT2D eigenvalue weighted by molar-refractivity contribution is 6.15. The Bertz CT molecular complexity index is 784. The van der Waals surface area contributed by atoms with E-state index in [9.17, 15) is 0 Å². The molecule has 2 aromatic rings. The molecule has 4 rings (SSSR count). The van der Waals surface area contributed by atoms with Crippen LogP contribution in [0.15, 0.2) is 59.4 Å². The van der Waals surface area contributed by atoms with E-state index in [-0.39, 0.29) is 0 Å². The minimum atomic E-state index is 0.682. The van der Waals surface area contributed by atoms with Gasteiger partial charge in [0.15, 0.2) is 0 Å². The predicted octanol–water partition coefficient (Wildman–Crippen LogP) is 4.61. The van der Waals surface area contributed by atoms with Gasteiger partial charge in [0.2, 0.25) is 0 Å². The van der Waals surface area contributed by atoms with Crippen LogP contribution in [0.5, 0.6) is 0 Å². The summed E-state index contributed by atoms with van der Waals surface area (Å²) in [5.41, 5.74) is 6.37. The largest absolute Gasteiger partial charge is 0.317 e. The van der Waals surface area contributed by atoms with Crippen molar-refractivity contribution >= 4 is 11.8 Å². The Morgan fingerprint density at radius 2 is 2.04 bits per heavy atom. The van der Waals surface area contributed by atoms with Crippen molar-refractivity contribution < 1.29 is 0 Å². The summed E-state index contributed by atoms with van der Waals surface area (Å²) < 4.78 is 0. The SMILES string of the molecule is C(=C1/CCCN=C1c1cccnc1)/c1cccc(C2CCCNCC2)c1. The molecule has 0 bridgehead atoms. The molecule has 0 amide bonds. The Morgan fingerprint density at radius 1 is 1.04 bits per heavy atom. The fourth-order valence-corrected chi connectivity index (χ4v) is 4.06. The van der Waals surface area contributed by atoms with Crippen LogP contribution in [-0.4, -0.2) is 30.3 Å². The number of aliphatic imine (C=N–C) groups is 1. The van der Waals surface area contributed by atoms with Gasteiger partial charge in [-0.25, -0.2) is 0 Å². The van der Waals surface area contributed by atoms with Gasteiger partial charge in [0, 0.05) is 24.5 Å². The normalized spacial score (nSPS) is 22.7. The van der Waals surface area contributed by atoms with E-state index in [1.807, 2.05) is 18.5 Å². The van der Waals surface area contributed by atoms with Crippen LogP contribution in [0.2, 0.25) is 0 Å². The molecule has 1 atom stereocenters. The molecule has 3 heteroatoms. The van der Waals surface area contributed by atoms with E-state index >= 15 is 0 Å². The van der Waals surface area contributed by atoms with E-state index in [2.05, 4.69) is 46.7 Å². The molecule has 1 unspecified atom stereocenters. The van der Waals surface area contributed by atoms with Crippen molar-refractivity contribution in [1.29, 1.82) is 0 Å². The zero-order chi connectivity index (χ0) is 17.6. The van der Waals surface area contributed by atoms with E-state index < -0.39 is 0 Å². The van der Waals surface area contributed by atoms with Crippen molar-refractivity contribution in [3.63, 3.8) is 0 Å². The van der Waals surface area contributed by atoms with Gasteiger partial charge in [-0.3, -0.25) is 9.98 Å². The van der Waals surface area contributed by atoms with Gasteiger partial charge in [-0.1, -0.05) is 24.3 Å². The summed E-state index contributed by atoms with van der Waals surface area (Å²) in [6.45, 7) is 3.20. The summed E-state index contributed by atoms with van der Waals surface area (Å²) in [4.78, 5) is 9.07. The molecule has 1 saturated heterocycles. The molecule has 1 fully saturated rings. The van der Waals surface area contributed by atoms with Gasteiger partial charge in [0.25, 0.3) is 0 Å². The van der Waals surface area contributed by atoms with E-state index in [0.717, 1.165) is 43.8 Å². The maximum Gasteiger partial charge on any atom is 0.0694 e. The van der Waals surface area contributed by atoms with Crippen LogP contribution in [0.4, 0.5) is 0 Å². The summed E-state index contributed by atoms with van der Waals surface area (Å²) in [5, 5.41) is 3.52. The molecular formula is C23H27N3. The Balaban J connectivity index is 1.61. The number of allylic oxidation sites excluding steroid dienone is 1. The number of rotatable bonds is 3. The molecule has 3 nitrogen and oxygen atoms in total. The first-order chi connectivity index (χ1) is 12.9. The second-order valence-electron chi connectivity index (χ2n) is 7.29. The minimum Gasteiger partial charge on any atom is -0.317 e. The number of hydrogen-bond donors (Lipinski definition) is 1. The molecule has 1 N–H and O–H groups in total. The molecule has 134 valence electrons. The molecule has 3 heterocycles. The minimum absolute atomic E-state index is 0.682. The van der Waals surface area contributed by atoms with Gasteiger partial charge in [0.1, 0.15) is 0 Å². The van der Waals surface area contributed by atoms with Gasteiger partial charge >= 0.3 is 0 Å². The molecule has 26 heavy (non-hydrogen) atoms. The van der Waals surface area contributed by atoms with Crippen LogP contribution in [0.25, 0.3) is 6.08 Å². The Hall–Kier alpha value is -2.26. The Labute approximate surface area is 156 Å². The highest BCUT2D eigenvalue weighted by Crippen LogP contribution is 2.28. The monoisotopic (exact) mass is 345 g/mol. The lowest BCUT2D eigenvalue weighted by atomic mass is 9.90. The van der Waals surface area contributed by atoms with Crippen molar-refractivity contribution in [3.05, 3.63) is 71.1 Å². The Kier molecular flexibility index (Phi) is 5.56. The highest BCUT2D eigenvalue weighted by Gasteiger charge is 2.16. The first-order valence-corrected chi connectivity index (χ1v) is 9.86. The number of nitrogens with zero attached hydrogens (tertiary/aromatic N) is 2. The van der Waals surface area contributed by atoms with E-state index in [0.29, 0.717) is 5.92 Å². The number of pyridine rings is 1. The number of nitrogens with one attached hydrogen (secondary N) is 1. The highest BCUT2D eigenvalue weighted by atomic mass is 14.8. The summed E-state index contributed by atoms with van der Waals surface area (Å²) in [6, 6.07) is 13.2. The second kappa shape index (κ2) is 8.41. The average Bonchev–Trinajstić information content (AvgIpc) is 2.99. The van der Waals surface area contributed by atoms with Gasteiger partial charge in [0.05, 0.1) is 5.71 Å². The number of benzene rings is 1. The molecule has 1 aromatic heterocycles. The van der Waals surface area contributed by atoms with E-state index in [1.54, 1.807) is 0 Å². The molecular weight excluding hydrogens is 318 g/mol. The van der Waals surface area contributed by atoms with Crippen LogP contribution in [0, 0.1) is 0 Å². The van der Waals surface area contributed by atoms with Crippen LogP contribution in [0.3, 0.4) is 0 Å². The molecule has 0 saturated carbocycles. The van der Waals surface area contributed by atoms with E-state index in [1.165, 1.54) is 36.0 Å². The summed E-state index contributed by atoms with van der Waals surface area (Å²) in [6.07, 6.45) is 12.1. The molecule has 0 radical (unpaired) electrons. The molecule has 1 aromatic carbocycles. The fraction of sp³-hybridized carbons (Fsp3) is 0.391.